The number of carbonyl (C=O) groups is 2. The third-order valence-corrected chi connectivity index (χ3v) is 5.46. The Kier molecular flexibility index (Phi) is 8.44. The summed E-state index contributed by atoms with van der Waals surface area (Å²) >= 11 is 0. The van der Waals surface area contributed by atoms with Gasteiger partial charge in [-0.3, -0.25) is 9.59 Å². The zero-order valence-electron chi connectivity index (χ0n) is 18.7. The van der Waals surface area contributed by atoms with E-state index in [2.05, 4.69) is 5.32 Å². The van der Waals surface area contributed by atoms with Crippen molar-refractivity contribution in [1.82, 2.24) is 10.2 Å². The van der Waals surface area contributed by atoms with Crippen molar-refractivity contribution in [2.75, 3.05) is 7.11 Å². The zero-order chi connectivity index (χ0) is 22.8. The predicted molar refractivity (Wildman–Crippen MR) is 126 cm³/mol. The summed E-state index contributed by atoms with van der Waals surface area (Å²) in [5.74, 6) is 0.534. The van der Waals surface area contributed by atoms with Crippen LogP contribution in [-0.4, -0.2) is 29.9 Å². The van der Waals surface area contributed by atoms with E-state index in [9.17, 15) is 9.59 Å². The number of ether oxygens (including phenoxy) is 1. The lowest BCUT2D eigenvalue weighted by Gasteiger charge is -2.29. The minimum atomic E-state index is -0.593. The molecule has 0 saturated carbocycles. The average Bonchev–Trinajstić information content (AvgIpc) is 2.85. The average molecular weight is 431 g/mol. The van der Waals surface area contributed by atoms with Crippen LogP contribution in [0.2, 0.25) is 0 Å². The number of carbonyl (C=O) groups excluding carboxylic acids is 2. The molecule has 0 heterocycles. The van der Waals surface area contributed by atoms with Gasteiger partial charge in [0.1, 0.15) is 11.8 Å². The molecule has 1 N–H and O–H groups in total. The van der Waals surface area contributed by atoms with Crippen LogP contribution in [0.5, 0.6) is 5.75 Å². The maximum Gasteiger partial charge on any atom is 0.242 e. The Labute approximate surface area is 190 Å². The fourth-order valence-corrected chi connectivity index (χ4v) is 3.48. The molecule has 166 valence electrons. The normalized spacial score (nSPS) is 11.4. The van der Waals surface area contributed by atoms with E-state index in [1.54, 1.807) is 18.9 Å². The lowest BCUT2D eigenvalue weighted by molar-refractivity contribution is -0.140. The van der Waals surface area contributed by atoms with Gasteiger partial charge in [-0.25, -0.2) is 0 Å². The minimum Gasteiger partial charge on any atom is -0.497 e. The number of rotatable bonds is 10. The van der Waals surface area contributed by atoms with Gasteiger partial charge in [0.2, 0.25) is 11.8 Å². The summed E-state index contributed by atoms with van der Waals surface area (Å²) in [6, 6.07) is 26.6. The molecule has 0 aliphatic carbocycles. The summed E-state index contributed by atoms with van der Waals surface area (Å²) in [5, 5.41) is 2.96. The monoisotopic (exact) mass is 430 g/mol. The van der Waals surface area contributed by atoms with Crippen LogP contribution in [0.15, 0.2) is 84.9 Å². The summed E-state index contributed by atoms with van der Waals surface area (Å²) in [4.78, 5) is 27.7. The van der Waals surface area contributed by atoms with Gasteiger partial charge >= 0.3 is 0 Å². The van der Waals surface area contributed by atoms with Crippen LogP contribution in [0.4, 0.5) is 0 Å². The van der Waals surface area contributed by atoms with Crippen LogP contribution in [0, 0.1) is 0 Å². The summed E-state index contributed by atoms with van der Waals surface area (Å²) in [7, 11) is 1.62. The standard InChI is InChI=1S/C27H30N2O3/c1-21(27(31)28-19-23-11-7-4-8-12-23)29(20-24-13-16-25(32-2)17-14-24)26(30)18-15-22-9-5-3-6-10-22/h3-14,16-17,21H,15,18-20H2,1-2H3,(H,28,31)/t21-/m0/s1. The minimum absolute atomic E-state index is 0.0490. The molecule has 0 fully saturated rings. The fourth-order valence-electron chi connectivity index (χ4n) is 3.48. The highest BCUT2D eigenvalue weighted by atomic mass is 16.5. The molecule has 0 unspecified atom stereocenters. The van der Waals surface area contributed by atoms with Gasteiger partial charge in [0.25, 0.3) is 0 Å². The van der Waals surface area contributed by atoms with Crippen molar-refractivity contribution in [2.24, 2.45) is 0 Å². The van der Waals surface area contributed by atoms with E-state index >= 15 is 0 Å². The van der Waals surface area contributed by atoms with Crippen LogP contribution >= 0.6 is 0 Å². The SMILES string of the molecule is COc1ccc(CN(C(=O)CCc2ccccc2)[C@@H](C)C(=O)NCc2ccccc2)cc1. The highest BCUT2D eigenvalue weighted by Gasteiger charge is 2.25. The van der Waals surface area contributed by atoms with Gasteiger partial charge in [0.15, 0.2) is 0 Å². The molecule has 3 rings (SSSR count). The molecule has 3 aromatic carbocycles. The number of hydrogen-bond donors (Lipinski definition) is 1. The van der Waals surface area contributed by atoms with Crippen molar-refractivity contribution in [2.45, 2.75) is 38.9 Å². The Balaban J connectivity index is 1.69. The largest absolute Gasteiger partial charge is 0.497 e. The second kappa shape index (κ2) is 11.7. The second-order valence-electron chi connectivity index (χ2n) is 7.73. The number of nitrogens with one attached hydrogen (secondary N) is 1. The predicted octanol–water partition coefficient (Wildman–Crippen LogP) is 4.36. The molecule has 3 aromatic rings. The number of methoxy groups -OCH3 is 1. The van der Waals surface area contributed by atoms with E-state index in [-0.39, 0.29) is 11.8 Å². The molecular formula is C27H30N2O3. The van der Waals surface area contributed by atoms with E-state index in [4.69, 9.17) is 4.74 Å². The van der Waals surface area contributed by atoms with Crippen LogP contribution in [-0.2, 0) is 29.1 Å². The molecule has 0 aromatic heterocycles. The first-order valence-electron chi connectivity index (χ1n) is 10.8. The highest BCUT2D eigenvalue weighted by molar-refractivity contribution is 5.87. The van der Waals surface area contributed by atoms with Crippen molar-refractivity contribution < 1.29 is 14.3 Å². The van der Waals surface area contributed by atoms with Crippen LogP contribution in [0.1, 0.15) is 30.0 Å². The number of benzene rings is 3. The molecule has 5 nitrogen and oxygen atoms in total. The maximum atomic E-state index is 13.2. The Morgan fingerprint density at radius 2 is 1.44 bits per heavy atom. The molecule has 5 heteroatoms. The molecule has 0 aliphatic rings. The Hall–Kier alpha value is -3.60. The van der Waals surface area contributed by atoms with Gasteiger partial charge in [0.05, 0.1) is 7.11 Å². The van der Waals surface area contributed by atoms with Crippen molar-refractivity contribution in [3.05, 3.63) is 102 Å². The Bertz CT molecular complexity index is 988. The summed E-state index contributed by atoms with van der Waals surface area (Å²) < 4.78 is 5.22. The quantitative estimate of drug-likeness (QED) is 0.520. The lowest BCUT2D eigenvalue weighted by atomic mass is 10.1. The molecule has 0 saturated heterocycles. The van der Waals surface area contributed by atoms with Crippen LogP contribution < -0.4 is 10.1 Å². The molecule has 0 aliphatic heterocycles. The molecule has 0 bridgehead atoms. The van der Waals surface area contributed by atoms with E-state index in [0.29, 0.717) is 25.9 Å². The number of aryl methyl sites for hydroxylation is 1. The van der Waals surface area contributed by atoms with E-state index in [1.807, 2.05) is 84.9 Å². The molecular weight excluding hydrogens is 400 g/mol. The number of hydrogen-bond acceptors (Lipinski definition) is 3. The molecule has 0 spiro atoms. The third kappa shape index (κ3) is 6.71. The molecule has 1 atom stereocenters. The van der Waals surface area contributed by atoms with Crippen molar-refractivity contribution in [3.8, 4) is 5.75 Å². The van der Waals surface area contributed by atoms with Crippen molar-refractivity contribution in [1.29, 1.82) is 0 Å². The molecule has 2 amide bonds. The molecule has 32 heavy (non-hydrogen) atoms. The smallest absolute Gasteiger partial charge is 0.242 e. The second-order valence-corrected chi connectivity index (χ2v) is 7.73. The first-order valence-corrected chi connectivity index (χ1v) is 10.8. The van der Waals surface area contributed by atoms with Gasteiger partial charge in [-0.05, 0) is 42.2 Å². The third-order valence-electron chi connectivity index (χ3n) is 5.46. The Morgan fingerprint density at radius 3 is 2.03 bits per heavy atom. The summed E-state index contributed by atoms with van der Waals surface area (Å²) in [5.41, 5.74) is 3.07. The van der Waals surface area contributed by atoms with E-state index < -0.39 is 6.04 Å². The van der Waals surface area contributed by atoms with Gasteiger partial charge in [-0.1, -0.05) is 72.8 Å². The van der Waals surface area contributed by atoms with Crippen molar-refractivity contribution >= 4 is 11.8 Å². The van der Waals surface area contributed by atoms with E-state index in [1.165, 1.54) is 0 Å². The van der Waals surface area contributed by atoms with Gasteiger partial charge in [0, 0.05) is 19.5 Å². The molecule has 0 radical (unpaired) electrons. The maximum absolute atomic E-state index is 13.2. The summed E-state index contributed by atoms with van der Waals surface area (Å²) in [6.45, 7) is 2.57. The fraction of sp³-hybridized carbons (Fsp3) is 0.259. The van der Waals surface area contributed by atoms with Gasteiger partial charge in [-0.15, -0.1) is 0 Å². The van der Waals surface area contributed by atoms with Crippen LogP contribution in [0.25, 0.3) is 0 Å². The Morgan fingerprint density at radius 1 is 0.844 bits per heavy atom. The zero-order valence-corrected chi connectivity index (χ0v) is 18.7. The highest BCUT2D eigenvalue weighted by Crippen LogP contribution is 2.16. The van der Waals surface area contributed by atoms with E-state index in [0.717, 1.165) is 22.4 Å². The van der Waals surface area contributed by atoms with Gasteiger partial charge < -0.3 is 15.0 Å². The first kappa shape index (κ1) is 23.1. The number of nitrogens with zero attached hydrogens (tertiary/aromatic N) is 1. The number of amides is 2. The topological polar surface area (TPSA) is 58.6 Å². The first-order chi connectivity index (χ1) is 15.6. The van der Waals surface area contributed by atoms with Crippen LogP contribution in [0.3, 0.4) is 0 Å². The van der Waals surface area contributed by atoms with Gasteiger partial charge in [-0.2, -0.15) is 0 Å². The lowest BCUT2D eigenvalue weighted by Crippen LogP contribution is -2.47. The van der Waals surface area contributed by atoms with Crippen molar-refractivity contribution in [3.63, 3.8) is 0 Å². The summed E-state index contributed by atoms with van der Waals surface area (Å²) in [6.07, 6.45) is 0.980.